The lowest BCUT2D eigenvalue weighted by atomic mass is 9.95. The average molecular weight is 432 g/mol. The summed E-state index contributed by atoms with van der Waals surface area (Å²) in [5, 5.41) is 15.6. The van der Waals surface area contributed by atoms with Crippen LogP contribution in [0.3, 0.4) is 0 Å². The maximum Gasteiger partial charge on any atom is 0.335 e. The van der Waals surface area contributed by atoms with Crippen LogP contribution in [-0.4, -0.2) is 33.3 Å². The van der Waals surface area contributed by atoms with E-state index in [9.17, 15) is 14.7 Å². The van der Waals surface area contributed by atoms with Gasteiger partial charge in [0.2, 0.25) is 5.88 Å². The summed E-state index contributed by atoms with van der Waals surface area (Å²) in [6.07, 6.45) is 0.758. The van der Waals surface area contributed by atoms with E-state index in [4.69, 9.17) is 4.74 Å². The molecule has 0 spiro atoms. The molecule has 164 valence electrons. The lowest BCUT2D eigenvalue weighted by molar-refractivity contribution is 0.409. The Balaban J connectivity index is 1.75. The Kier molecular flexibility index (Phi) is 4.67. The van der Waals surface area contributed by atoms with Gasteiger partial charge in [-0.3, -0.25) is 9.78 Å². The highest BCUT2D eigenvalue weighted by Crippen LogP contribution is 2.36. The normalized spacial score (nSPS) is 15.7. The molecular weight excluding hydrogens is 408 g/mol. The first-order valence-corrected chi connectivity index (χ1v) is 10.5. The number of aromatic hydroxyl groups is 1. The number of nitrogens with zero attached hydrogens (tertiary/aromatic N) is 1. The summed E-state index contributed by atoms with van der Waals surface area (Å²) in [4.78, 5) is 31.4. The molecule has 1 aliphatic heterocycles. The summed E-state index contributed by atoms with van der Waals surface area (Å²) in [6, 6.07) is 10.8. The molecule has 3 heterocycles. The summed E-state index contributed by atoms with van der Waals surface area (Å²) in [5.74, 6) is 0.382. The van der Waals surface area contributed by atoms with Gasteiger partial charge >= 0.3 is 5.69 Å². The van der Waals surface area contributed by atoms with Gasteiger partial charge in [0.25, 0.3) is 5.56 Å². The minimum atomic E-state index is -0.678. The number of hydrogen-bond acceptors (Lipinski definition) is 5. The Hall–Kier alpha value is -3.78. The summed E-state index contributed by atoms with van der Waals surface area (Å²) in [6.45, 7) is 4.38. The van der Waals surface area contributed by atoms with Gasteiger partial charge < -0.3 is 20.1 Å². The third-order valence-corrected chi connectivity index (χ3v) is 6.17. The summed E-state index contributed by atoms with van der Waals surface area (Å²) < 4.78 is 6.54. The van der Waals surface area contributed by atoms with Crippen molar-refractivity contribution in [2.24, 2.45) is 0 Å². The van der Waals surface area contributed by atoms with Crippen LogP contribution in [0.4, 0.5) is 0 Å². The molecule has 0 amide bonds. The van der Waals surface area contributed by atoms with Crippen LogP contribution in [0.5, 0.6) is 11.6 Å². The first-order chi connectivity index (χ1) is 15.4. The van der Waals surface area contributed by atoms with E-state index < -0.39 is 17.3 Å². The molecule has 2 aromatic carbocycles. The fourth-order valence-electron chi connectivity index (χ4n) is 4.56. The van der Waals surface area contributed by atoms with Crippen LogP contribution in [0, 0.1) is 13.8 Å². The molecule has 0 saturated heterocycles. The Labute approximate surface area is 183 Å². The lowest BCUT2D eigenvalue weighted by Gasteiger charge is -2.25. The van der Waals surface area contributed by atoms with E-state index in [2.05, 4.69) is 15.3 Å². The molecular formula is C24H24N4O4. The SMILES string of the molecule is COc1ccc2[nH]c3c(c2c1)CCNC3c1c(O)n(-c2cc(C)ccc2C)c(=O)[nH]c1=O. The third-order valence-electron chi connectivity index (χ3n) is 6.17. The highest BCUT2D eigenvalue weighted by Gasteiger charge is 2.31. The second-order valence-electron chi connectivity index (χ2n) is 8.19. The van der Waals surface area contributed by atoms with Gasteiger partial charge in [0.05, 0.1) is 18.8 Å². The highest BCUT2D eigenvalue weighted by molar-refractivity contribution is 5.86. The third kappa shape index (κ3) is 3.03. The smallest absolute Gasteiger partial charge is 0.335 e. The number of aryl methyl sites for hydroxylation is 2. The van der Waals surface area contributed by atoms with Crippen LogP contribution in [-0.2, 0) is 6.42 Å². The summed E-state index contributed by atoms with van der Waals surface area (Å²) in [7, 11) is 1.62. The molecule has 0 fully saturated rings. The number of methoxy groups -OCH3 is 1. The molecule has 1 atom stereocenters. The molecule has 32 heavy (non-hydrogen) atoms. The largest absolute Gasteiger partial charge is 0.497 e. The zero-order valence-corrected chi connectivity index (χ0v) is 18.1. The molecule has 0 aliphatic carbocycles. The predicted molar refractivity (Wildman–Crippen MR) is 122 cm³/mol. The van der Waals surface area contributed by atoms with E-state index >= 15 is 0 Å². The van der Waals surface area contributed by atoms with Crippen LogP contribution in [0.1, 0.15) is 34.0 Å². The number of nitrogens with one attached hydrogen (secondary N) is 3. The molecule has 5 rings (SSSR count). The molecule has 0 saturated carbocycles. The lowest BCUT2D eigenvalue weighted by Crippen LogP contribution is -2.38. The first-order valence-electron chi connectivity index (χ1n) is 10.5. The van der Waals surface area contributed by atoms with Gasteiger partial charge in [0, 0.05) is 23.1 Å². The predicted octanol–water partition coefficient (Wildman–Crippen LogP) is 2.57. The van der Waals surface area contributed by atoms with Crippen LogP contribution in [0.25, 0.3) is 16.6 Å². The van der Waals surface area contributed by atoms with Gasteiger partial charge in [0.15, 0.2) is 0 Å². The minimum absolute atomic E-state index is 0.102. The van der Waals surface area contributed by atoms with Gasteiger partial charge in [-0.15, -0.1) is 0 Å². The van der Waals surface area contributed by atoms with Crippen molar-refractivity contribution in [3.05, 3.63) is 85.2 Å². The van der Waals surface area contributed by atoms with E-state index in [0.29, 0.717) is 12.2 Å². The van der Waals surface area contributed by atoms with Crippen LogP contribution in [0.15, 0.2) is 46.0 Å². The molecule has 8 nitrogen and oxygen atoms in total. The summed E-state index contributed by atoms with van der Waals surface area (Å²) in [5.41, 5.74) is 3.86. The number of benzene rings is 2. The zero-order valence-electron chi connectivity index (χ0n) is 18.1. The van der Waals surface area contributed by atoms with Gasteiger partial charge in [-0.05, 0) is 61.2 Å². The van der Waals surface area contributed by atoms with E-state index in [1.807, 2.05) is 50.2 Å². The second kappa shape index (κ2) is 7.42. The Bertz CT molecular complexity index is 1480. The zero-order chi connectivity index (χ0) is 22.6. The molecule has 1 aliphatic rings. The Morgan fingerprint density at radius 2 is 1.91 bits per heavy atom. The number of ether oxygens (including phenoxy) is 1. The topological polar surface area (TPSA) is 112 Å². The fourth-order valence-corrected chi connectivity index (χ4v) is 4.56. The molecule has 0 bridgehead atoms. The first kappa shape index (κ1) is 20.1. The summed E-state index contributed by atoms with van der Waals surface area (Å²) >= 11 is 0. The van der Waals surface area contributed by atoms with Crippen LogP contribution < -0.4 is 21.3 Å². The monoisotopic (exact) mass is 432 g/mol. The number of H-pyrrole nitrogens is 2. The number of aromatic nitrogens is 3. The number of hydrogen-bond donors (Lipinski definition) is 4. The maximum atomic E-state index is 12.9. The molecule has 4 aromatic rings. The van der Waals surface area contributed by atoms with E-state index in [1.54, 1.807) is 7.11 Å². The van der Waals surface area contributed by atoms with Crippen LogP contribution in [0.2, 0.25) is 0 Å². The molecule has 2 aromatic heterocycles. The molecule has 1 unspecified atom stereocenters. The van der Waals surface area contributed by atoms with Gasteiger partial charge in [-0.1, -0.05) is 12.1 Å². The van der Waals surface area contributed by atoms with Crippen molar-refractivity contribution < 1.29 is 9.84 Å². The van der Waals surface area contributed by atoms with E-state index in [-0.39, 0.29) is 11.4 Å². The Morgan fingerprint density at radius 1 is 1.09 bits per heavy atom. The van der Waals surface area contributed by atoms with Crippen molar-refractivity contribution in [2.45, 2.75) is 26.3 Å². The molecule has 4 N–H and O–H groups in total. The minimum Gasteiger partial charge on any atom is -0.497 e. The average Bonchev–Trinajstić information content (AvgIpc) is 3.14. The quantitative estimate of drug-likeness (QED) is 0.398. The van der Waals surface area contributed by atoms with Gasteiger partial charge in [-0.2, -0.15) is 0 Å². The highest BCUT2D eigenvalue weighted by atomic mass is 16.5. The van der Waals surface area contributed by atoms with E-state index in [1.165, 1.54) is 4.57 Å². The number of fused-ring (bicyclic) bond motifs is 3. The standard InChI is InChI=1S/C24H24N4O4/c1-12-4-5-13(2)18(10-12)28-23(30)19(22(29)27-24(28)31)21-20-15(8-9-25-21)16-11-14(32-3)6-7-17(16)26-20/h4-7,10-11,21,25-26,30H,8-9H2,1-3H3,(H,27,29,31). The van der Waals surface area contributed by atoms with Crippen molar-refractivity contribution in [2.75, 3.05) is 13.7 Å². The Morgan fingerprint density at radius 3 is 2.69 bits per heavy atom. The molecule has 8 heteroatoms. The van der Waals surface area contributed by atoms with Crippen LogP contribution >= 0.6 is 0 Å². The van der Waals surface area contributed by atoms with Crippen molar-refractivity contribution in [3.63, 3.8) is 0 Å². The van der Waals surface area contributed by atoms with Crippen molar-refractivity contribution in [3.8, 4) is 17.3 Å². The van der Waals surface area contributed by atoms with Crippen molar-refractivity contribution in [1.82, 2.24) is 19.9 Å². The number of rotatable bonds is 3. The van der Waals surface area contributed by atoms with Crippen molar-refractivity contribution >= 4 is 10.9 Å². The molecule has 0 radical (unpaired) electrons. The number of aromatic amines is 2. The maximum absolute atomic E-state index is 12.9. The fraction of sp³-hybridized carbons (Fsp3) is 0.250. The van der Waals surface area contributed by atoms with Gasteiger partial charge in [0.1, 0.15) is 11.3 Å². The second-order valence-corrected chi connectivity index (χ2v) is 8.19. The van der Waals surface area contributed by atoms with E-state index in [0.717, 1.165) is 45.5 Å². The van der Waals surface area contributed by atoms with Gasteiger partial charge in [-0.25, -0.2) is 9.36 Å². The van der Waals surface area contributed by atoms with Crippen molar-refractivity contribution in [1.29, 1.82) is 0 Å².